The van der Waals surface area contributed by atoms with Crippen LogP contribution in [0.25, 0.3) is 11.0 Å². The Morgan fingerprint density at radius 1 is 1.00 bits per heavy atom. The normalized spacial score (nSPS) is 11.1. The van der Waals surface area contributed by atoms with E-state index in [0.29, 0.717) is 5.56 Å². The summed E-state index contributed by atoms with van der Waals surface area (Å²) in [6.07, 6.45) is 1.62. The number of aromatic amines is 1. The number of benzene rings is 3. The number of imidazole rings is 1. The molecule has 1 aromatic heterocycles. The first-order valence-corrected chi connectivity index (χ1v) is 9.81. The third-order valence-corrected chi connectivity index (χ3v) is 5.08. The SMILES string of the molecule is O=C(NN=Cc1ccccc1)c1ccc(CSc2nc3ccccc3[nH]2)cc1. The van der Waals surface area contributed by atoms with Gasteiger partial charge >= 0.3 is 0 Å². The van der Waals surface area contributed by atoms with Gasteiger partial charge in [0, 0.05) is 11.3 Å². The van der Waals surface area contributed by atoms with Gasteiger partial charge in [-0.1, -0.05) is 66.4 Å². The van der Waals surface area contributed by atoms with E-state index in [0.717, 1.165) is 33.1 Å². The summed E-state index contributed by atoms with van der Waals surface area (Å²) in [5, 5.41) is 4.88. The maximum absolute atomic E-state index is 12.2. The van der Waals surface area contributed by atoms with Crippen LogP contribution in [0.5, 0.6) is 0 Å². The number of thioether (sulfide) groups is 1. The van der Waals surface area contributed by atoms with Crippen LogP contribution >= 0.6 is 11.8 Å². The van der Waals surface area contributed by atoms with Crippen LogP contribution in [0.4, 0.5) is 0 Å². The summed E-state index contributed by atoms with van der Waals surface area (Å²) in [4.78, 5) is 20.0. The third kappa shape index (κ3) is 4.47. The molecule has 0 unspecified atom stereocenters. The fraction of sp³-hybridized carbons (Fsp3) is 0.0455. The van der Waals surface area contributed by atoms with Crippen LogP contribution in [-0.4, -0.2) is 22.1 Å². The predicted molar refractivity (Wildman–Crippen MR) is 114 cm³/mol. The first-order chi connectivity index (χ1) is 13.8. The molecule has 0 bridgehead atoms. The maximum Gasteiger partial charge on any atom is 0.271 e. The van der Waals surface area contributed by atoms with Gasteiger partial charge in [0.2, 0.25) is 0 Å². The van der Waals surface area contributed by atoms with Crippen LogP contribution in [-0.2, 0) is 5.75 Å². The molecule has 3 aromatic carbocycles. The molecule has 6 heteroatoms. The van der Waals surface area contributed by atoms with E-state index in [9.17, 15) is 4.79 Å². The molecule has 138 valence electrons. The summed E-state index contributed by atoms with van der Waals surface area (Å²) in [5.74, 6) is 0.539. The van der Waals surface area contributed by atoms with Crippen molar-refractivity contribution >= 4 is 34.9 Å². The summed E-state index contributed by atoms with van der Waals surface area (Å²) in [7, 11) is 0. The van der Waals surface area contributed by atoms with Crippen LogP contribution in [0.1, 0.15) is 21.5 Å². The average Bonchev–Trinajstić information content (AvgIpc) is 3.16. The molecule has 0 aliphatic rings. The molecule has 2 N–H and O–H groups in total. The lowest BCUT2D eigenvalue weighted by molar-refractivity contribution is 0.0955. The molecule has 4 rings (SSSR count). The first kappa shape index (κ1) is 18.0. The molecule has 28 heavy (non-hydrogen) atoms. The highest BCUT2D eigenvalue weighted by Gasteiger charge is 2.06. The Morgan fingerprint density at radius 2 is 1.75 bits per heavy atom. The first-order valence-electron chi connectivity index (χ1n) is 8.83. The van der Waals surface area contributed by atoms with Crippen molar-refractivity contribution in [3.05, 3.63) is 95.6 Å². The zero-order chi connectivity index (χ0) is 19.2. The van der Waals surface area contributed by atoms with Gasteiger partial charge in [-0.05, 0) is 35.4 Å². The van der Waals surface area contributed by atoms with E-state index in [1.165, 1.54) is 0 Å². The number of para-hydroxylation sites is 2. The van der Waals surface area contributed by atoms with Gasteiger partial charge in [0.1, 0.15) is 0 Å². The summed E-state index contributed by atoms with van der Waals surface area (Å²) in [6.45, 7) is 0. The number of hydrazone groups is 1. The lowest BCUT2D eigenvalue weighted by Crippen LogP contribution is -2.17. The molecule has 0 atom stereocenters. The summed E-state index contributed by atoms with van der Waals surface area (Å²) in [6, 6.07) is 25.1. The van der Waals surface area contributed by atoms with Gasteiger partial charge in [-0.3, -0.25) is 4.79 Å². The molecule has 0 radical (unpaired) electrons. The van der Waals surface area contributed by atoms with Gasteiger partial charge in [0.05, 0.1) is 17.2 Å². The second kappa shape index (κ2) is 8.54. The average molecular weight is 386 g/mol. The van der Waals surface area contributed by atoms with Crippen molar-refractivity contribution in [1.82, 2.24) is 15.4 Å². The van der Waals surface area contributed by atoms with Gasteiger partial charge in [0.25, 0.3) is 5.91 Å². The maximum atomic E-state index is 12.2. The number of rotatable bonds is 6. The second-order valence-electron chi connectivity index (χ2n) is 6.15. The van der Waals surface area contributed by atoms with E-state index in [1.807, 2.05) is 78.9 Å². The lowest BCUT2D eigenvalue weighted by Gasteiger charge is -2.03. The Balaban J connectivity index is 1.32. The molecule has 1 heterocycles. The molecule has 5 nitrogen and oxygen atoms in total. The number of nitrogens with one attached hydrogen (secondary N) is 2. The molecule has 0 aliphatic heterocycles. The van der Waals surface area contributed by atoms with Crippen molar-refractivity contribution in [2.45, 2.75) is 10.9 Å². The number of carbonyl (C=O) groups excluding carboxylic acids is 1. The number of hydrogen-bond acceptors (Lipinski definition) is 4. The standard InChI is InChI=1S/C22H18N4OS/c27-21(26-23-14-16-6-2-1-3-7-16)18-12-10-17(11-13-18)15-28-22-24-19-8-4-5-9-20(19)25-22/h1-14H,15H2,(H,24,25)(H,26,27). The Hall–Kier alpha value is -3.38. The second-order valence-corrected chi connectivity index (χ2v) is 7.12. The predicted octanol–water partition coefficient (Wildman–Crippen LogP) is 4.62. The van der Waals surface area contributed by atoms with Crippen molar-refractivity contribution in [2.75, 3.05) is 0 Å². The number of carbonyl (C=O) groups is 1. The molecule has 0 saturated carbocycles. The van der Waals surface area contributed by atoms with Crippen LogP contribution in [0.2, 0.25) is 0 Å². The van der Waals surface area contributed by atoms with Crippen molar-refractivity contribution in [2.24, 2.45) is 5.10 Å². The van der Waals surface area contributed by atoms with Crippen LogP contribution in [0.3, 0.4) is 0 Å². The van der Waals surface area contributed by atoms with E-state index in [-0.39, 0.29) is 5.91 Å². The summed E-state index contributed by atoms with van der Waals surface area (Å²) < 4.78 is 0. The molecular weight excluding hydrogens is 368 g/mol. The van der Waals surface area contributed by atoms with Gasteiger partial charge in [0.15, 0.2) is 5.16 Å². The Bertz CT molecular complexity index is 1070. The largest absolute Gasteiger partial charge is 0.333 e. The molecule has 0 fully saturated rings. The van der Waals surface area contributed by atoms with Crippen LogP contribution in [0.15, 0.2) is 89.1 Å². The molecule has 0 aliphatic carbocycles. The highest BCUT2D eigenvalue weighted by molar-refractivity contribution is 7.98. The molecule has 4 aromatic rings. The van der Waals surface area contributed by atoms with Crippen molar-refractivity contribution in [1.29, 1.82) is 0 Å². The van der Waals surface area contributed by atoms with Gasteiger partial charge < -0.3 is 4.98 Å². The molecular formula is C22H18N4OS. The minimum atomic E-state index is -0.233. The number of fused-ring (bicyclic) bond motifs is 1. The third-order valence-electron chi connectivity index (χ3n) is 4.14. The monoisotopic (exact) mass is 386 g/mol. The summed E-state index contributed by atoms with van der Waals surface area (Å²) in [5.41, 5.74) is 7.17. The fourth-order valence-electron chi connectivity index (χ4n) is 2.67. The van der Waals surface area contributed by atoms with E-state index in [1.54, 1.807) is 18.0 Å². The molecule has 0 spiro atoms. The van der Waals surface area contributed by atoms with Crippen LogP contribution in [0, 0.1) is 0 Å². The van der Waals surface area contributed by atoms with Crippen molar-refractivity contribution in [3.63, 3.8) is 0 Å². The van der Waals surface area contributed by atoms with Gasteiger partial charge in [-0.2, -0.15) is 5.10 Å². The van der Waals surface area contributed by atoms with Crippen LogP contribution < -0.4 is 5.43 Å². The number of H-pyrrole nitrogens is 1. The zero-order valence-electron chi connectivity index (χ0n) is 15.0. The van der Waals surface area contributed by atoms with Crippen molar-refractivity contribution in [3.8, 4) is 0 Å². The number of nitrogens with zero attached hydrogens (tertiary/aromatic N) is 2. The van der Waals surface area contributed by atoms with Gasteiger partial charge in [-0.25, -0.2) is 10.4 Å². The van der Waals surface area contributed by atoms with E-state index >= 15 is 0 Å². The zero-order valence-corrected chi connectivity index (χ0v) is 15.8. The minimum Gasteiger partial charge on any atom is -0.333 e. The molecule has 1 amide bonds. The molecule has 0 saturated heterocycles. The Kier molecular flexibility index (Phi) is 5.49. The Morgan fingerprint density at radius 3 is 2.54 bits per heavy atom. The topological polar surface area (TPSA) is 70.1 Å². The summed E-state index contributed by atoms with van der Waals surface area (Å²) >= 11 is 1.63. The van der Waals surface area contributed by atoms with Crippen molar-refractivity contribution < 1.29 is 4.79 Å². The smallest absolute Gasteiger partial charge is 0.271 e. The number of amides is 1. The fourth-order valence-corrected chi connectivity index (χ4v) is 3.51. The van der Waals surface area contributed by atoms with E-state index in [4.69, 9.17) is 0 Å². The van der Waals surface area contributed by atoms with Gasteiger partial charge in [-0.15, -0.1) is 0 Å². The number of hydrogen-bond donors (Lipinski definition) is 2. The highest BCUT2D eigenvalue weighted by Crippen LogP contribution is 2.23. The highest BCUT2D eigenvalue weighted by atomic mass is 32.2. The van der Waals surface area contributed by atoms with E-state index < -0.39 is 0 Å². The van der Waals surface area contributed by atoms with E-state index in [2.05, 4.69) is 20.5 Å². The minimum absolute atomic E-state index is 0.233. The Labute approximate surface area is 166 Å². The lowest BCUT2D eigenvalue weighted by atomic mass is 10.1. The number of aromatic nitrogens is 2. The quantitative estimate of drug-likeness (QED) is 0.289.